The van der Waals surface area contributed by atoms with Gasteiger partial charge in [0.25, 0.3) is 11.7 Å². The van der Waals surface area contributed by atoms with Crippen LogP contribution in [0.15, 0.2) is 101 Å². The maximum absolute atomic E-state index is 13.0. The molecule has 1 unspecified atom stereocenters. The molecule has 62 heavy (non-hydrogen) atoms. The molecular formula is C51H59N7O4. The second kappa shape index (κ2) is 17.1. The number of carbonyl (C=O) groups is 3. The molecule has 3 fully saturated rings. The third-order valence-corrected chi connectivity index (χ3v) is 13.7. The average Bonchev–Trinajstić information content (AvgIpc) is 3.67. The Labute approximate surface area is 364 Å². The van der Waals surface area contributed by atoms with Gasteiger partial charge in [-0.2, -0.15) is 4.98 Å². The van der Waals surface area contributed by atoms with E-state index in [2.05, 4.69) is 93.3 Å². The maximum Gasteiger partial charge on any atom is 0.293 e. The lowest BCUT2D eigenvalue weighted by molar-refractivity contribution is -0.134. The smallest absolute Gasteiger partial charge is 0.293 e. The standard InChI is InChI=1S/C51H59N7O4/c1-30-26-36(16-19-40(30)31(2)54-48(61)46-56-49(62-57-46)50(3,4)5)45(53)42-29-35(8-7-9-43(42)52)32-14-17-38(18-15-32)51(6)22-24-58(25-23-51)39-27-37(28-39)33-10-12-34(13-11-33)41-20-21-44(59)55-47(41)60/h7-8,10-19,26,29,31,37,39,41,53H,9,20-25,27-28,52H2,1-6H3,(H,54,61)(H,55,59,60)/t31-,37?,39?,41?/m1/s1. The van der Waals surface area contributed by atoms with Crippen molar-refractivity contribution in [3.8, 4) is 0 Å². The van der Waals surface area contributed by atoms with E-state index in [-0.39, 0.29) is 40.4 Å². The van der Waals surface area contributed by atoms with E-state index in [1.54, 1.807) is 0 Å². The Kier molecular flexibility index (Phi) is 11.8. The topological polar surface area (TPSA) is 167 Å². The van der Waals surface area contributed by atoms with Crippen molar-refractivity contribution in [2.75, 3.05) is 13.1 Å². The fraction of sp³-hybridized carbons (Fsp3) is 0.412. The van der Waals surface area contributed by atoms with Crippen molar-refractivity contribution in [2.45, 2.75) is 121 Å². The minimum Gasteiger partial charge on any atom is -0.401 e. The zero-order chi connectivity index (χ0) is 43.9. The van der Waals surface area contributed by atoms with Gasteiger partial charge in [0.2, 0.25) is 17.7 Å². The monoisotopic (exact) mass is 833 g/mol. The van der Waals surface area contributed by atoms with Gasteiger partial charge in [-0.25, -0.2) is 0 Å². The van der Waals surface area contributed by atoms with Crippen LogP contribution in [0.3, 0.4) is 0 Å². The number of hydrogen-bond donors (Lipinski definition) is 4. The number of nitrogens with one attached hydrogen (secondary N) is 3. The highest BCUT2D eigenvalue weighted by molar-refractivity contribution is 6.14. The van der Waals surface area contributed by atoms with Crippen LogP contribution in [-0.4, -0.2) is 57.6 Å². The number of piperidine rings is 2. The Bertz CT molecular complexity index is 2470. The first-order chi connectivity index (χ1) is 29.6. The summed E-state index contributed by atoms with van der Waals surface area (Å²) in [5.41, 5.74) is 16.5. The molecule has 1 saturated carbocycles. The molecule has 0 bridgehead atoms. The van der Waals surface area contributed by atoms with Crippen LogP contribution in [0.2, 0.25) is 0 Å². The molecule has 8 rings (SSSR count). The lowest BCUT2D eigenvalue weighted by atomic mass is 9.71. The summed E-state index contributed by atoms with van der Waals surface area (Å²) < 4.78 is 5.31. The molecule has 1 aromatic heterocycles. The van der Waals surface area contributed by atoms with Crippen LogP contribution < -0.4 is 16.4 Å². The molecule has 11 nitrogen and oxygen atoms in total. The zero-order valence-corrected chi connectivity index (χ0v) is 36.8. The van der Waals surface area contributed by atoms with E-state index in [1.807, 2.05) is 58.9 Å². The number of carbonyl (C=O) groups excluding carboxylic acids is 3. The summed E-state index contributed by atoms with van der Waals surface area (Å²) in [5.74, 6) is -0.0445. The van der Waals surface area contributed by atoms with Crippen LogP contribution in [0.1, 0.15) is 153 Å². The lowest BCUT2D eigenvalue weighted by Crippen LogP contribution is -2.50. The minimum absolute atomic E-state index is 0.00384. The molecular weight excluding hydrogens is 775 g/mol. The van der Waals surface area contributed by atoms with Gasteiger partial charge in [-0.15, -0.1) is 0 Å². The molecule has 4 aromatic rings. The number of imide groups is 1. The Morgan fingerprint density at radius 2 is 1.71 bits per heavy atom. The number of hydrogen-bond acceptors (Lipinski definition) is 9. The zero-order valence-electron chi connectivity index (χ0n) is 36.8. The van der Waals surface area contributed by atoms with Crippen molar-refractivity contribution >= 4 is 29.0 Å². The van der Waals surface area contributed by atoms with Gasteiger partial charge in [-0.1, -0.05) is 106 Å². The Hall–Kier alpha value is -5.94. The third kappa shape index (κ3) is 8.86. The minimum atomic E-state index is -0.406. The van der Waals surface area contributed by atoms with Crippen molar-refractivity contribution in [3.05, 3.63) is 147 Å². The van der Waals surface area contributed by atoms with Crippen LogP contribution in [0, 0.1) is 12.3 Å². The molecule has 2 saturated heterocycles. The number of amides is 3. The number of rotatable bonds is 10. The van der Waals surface area contributed by atoms with E-state index in [0.717, 1.165) is 72.2 Å². The molecule has 2 atom stereocenters. The first kappa shape index (κ1) is 42.7. The van der Waals surface area contributed by atoms with Gasteiger partial charge in [0.1, 0.15) is 0 Å². The molecule has 5 N–H and O–H groups in total. The van der Waals surface area contributed by atoms with E-state index in [4.69, 9.17) is 10.3 Å². The Balaban J connectivity index is 0.863. The summed E-state index contributed by atoms with van der Waals surface area (Å²) in [6, 6.07) is 23.6. The average molecular weight is 834 g/mol. The van der Waals surface area contributed by atoms with Gasteiger partial charge in [-0.3, -0.25) is 25.1 Å². The highest BCUT2D eigenvalue weighted by Gasteiger charge is 2.39. The molecule has 4 aliphatic rings. The number of nitrogens with zero attached hydrogens (tertiary/aromatic N) is 3. The summed E-state index contributed by atoms with van der Waals surface area (Å²) in [4.78, 5) is 43.8. The van der Waals surface area contributed by atoms with Gasteiger partial charge in [0.05, 0.1) is 17.7 Å². The van der Waals surface area contributed by atoms with Crippen LogP contribution in [-0.2, 0) is 20.4 Å². The van der Waals surface area contributed by atoms with Crippen LogP contribution in [0.25, 0.3) is 5.57 Å². The predicted molar refractivity (Wildman–Crippen MR) is 242 cm³/mol. The van der Waals surface area contributed by atoms with Gasteiger partial charge in [0.15, 0.2) is 0 Å². The van der Waals surface area contributed by atoms with Gasteiger partial charge >= 0.3 is 0 Å². The normalized spacial score (nSPS) is 22.3. The highest BCUT2D eigenvalue weighted by Crippen LogP contribution is 2.44. The van der Waals surface area contributed by atoms with Gasteiger partial charge in [-0.05, 0) is 121 Å². The second-order valence-corrected chi connectivity index (χ2v) is 19.1. The first-order valence-electron chi connectivity index (χ1n) is 22.1. The molecule has 2 aliphatic heterocycles. The van der Waals surface area contributed by atoms with Crippen molar-refractivity contribution < 1.29 is 18.9 Å². The SMILES string of the molecule is Cc1cc(C(=N)C2=C(N)CC=CC(c3ccc(C4(C)CCN(C5CC(c6ccc(C7CCC(=O)NC7=O)cc6)C5)CC4)cc3)=C2)ccc1[C@@H](C)NC(=O)c1noc(C(C)(C)C)n1. The molecule has 322 valence electrons. The number of benzene rings is 3. The summed E-state index contributed by atoms with van der Waals surface area (Å²) in [5, 5.41) is 18.6. The highest BCUT2D eigenvalue weighted by atomic mass is 16.5. The molecule has 0 radical (unpaired) electrons. The number of likely N-dealkylation sites (tertiary alicyclic amines) is 1. The molecule has 0 spiro atoms. The van der Waals surface area contributed by atoms with E-state index in [0.29, 0.717) is 54.1 Å². The second-order valence-electron chi connectivity index (χ2n) is 19.1. The summed E-state index contributed by atoms with van der Waals surface area (Å²) in [7, 11) is 0. The van der Waals surface area contributed by atoms with Crippen molar-refractivity contribution in [1.29, 1.82) is 5.41 Å². The fourth-order valence-corrected chi connectivity index (χ4v) is 9.47. The van der Waals surface area contributed by atoms with Crippen LogP contribution in [0.5, 0.6) is 0 Å². The van der Waals surface area contributed by atoms with Crippen molar-refractivity contribution in [3.63, 3.8) is 0 Å². The lowest BCUT2D eigenvalue weighted by Gasteiger charge is -2.48. The Morgan fingerprint density at radius 1 is 1.02 bits per heavy atom. The van der Waals surface area contributed by atoms with Crippen molar-refractivity contribution in [1.82, 2.24) is 25.7 Å². The van der Waals surface area contributed by atoms with E-state index >= 15 is 0 Å². The molecule has 2 aliphatic carbocycles. The first-order valence-corrected chi connectivity index (χ1v) is 22.1. The molecule has 11 heteroatoms. The largest absolute Gasteiger partial charge is 0.401 e. The van der Waals surface area contributed by atoms with Crippen molar-refractivity contribution in [2.24, 2.45) is 5.73 Å². The molecule has 3 aromatic carbocycles. The predicted octanol–water partition coefficient (Wildman–Crippen LogP) is 8.61. The number of allylic oxidation sites excluding steroid dienone is 5. The molecule has 3 amide bonds. The van der Waals surface area contributed by atoms with Gasteiger partial charge < -0.3 is 20.5 Å². The van der Waals surface area contributed by atoms with Crippen LogP contribution in [0.4, 0.5) is 0 Å². The summed E-state index contributed by atoms with van der Waals surface area (Å²) in [6.07, 6.45) is 12.3. The number of nitrogens with two attached hydrogens (primary N) is 1. The fourth-order valence-electron chi connectivity index (χ4n) is 9.47. The van der Waals surface area contributed by atoms with Crippen LogP contribution >= 0.6 is 0 Å². The maximum atomic E-state index is 13.0. The molecule has 3 heterocycles. The van der Waals surface area contributed by atoms with E-state index < -0.39 is 5.91 Å². The Morgan fingerprint density at radius 3 is 2.35 bits per heavy atom. The summed E-state index contributed by atoms with van der Waals surface area (Å²) >= 11 is 0. The van der Waals surface area contributed by atoms with E-state index in [9.17, 15) is 19.8 Å². The third-order valence-electron chi connectivity index (χ3n) is 13.7. The number of aromatic nitrogens is 2. The summed E-state index contributed by atoms with van der Waals surface area (Å²) in [6.45, 7) is 14.3. The van der Waals surface area contributed by atoms with E-state index in [1.165, 1.54) is 11.1 Å². The van der Waals surface area contributed by atoms with Gasteiger partial charge in [0, 0.05) is 41.1 Å². The quantitative estimate of drug-likeness (QED) is 0.0911. The number of aryl methyl sites for hydroxylation is 1.